The van der Waals surface area contributed by atoms with Crippen molar-refractivity contribution in [1.82, 2.24) is 10.3 Å². The van der Waals surface area contributed by atoms with Gasteiger partial charge in [0.15, 0.2) is 5.13 Å². The summed E-state index contributed by atoms with van der Waals surface area (Å²) in [6, 6.07) is 4.36. The highest BCUT2D eigenvalue weighted by Crippen LogP contribution is 2.30. The first-order chi connectivity index (χ1) is 11.0. The maximum absolute atomic E-state index is 12.3. The first-order valence-corrected chi connectivity index (χ1v) is 8.89. The number of thiazole rings is 1. The lowest BCUT2D eigenvalue weighted by Gasteiger charge is -2.31. The van der Waals surface area contributed by atoms with Gasteiger partial charge in [0.2, 0.25) is 5.91 Å². The summed E-state index contributed by atoms with van der Waals surface area (Å²) >= 11 is 1.49. The Morgan fingerprint density at radius 1 is 1.25 bits per heavy atom. The molecule has 1 atom stereocenters. The molecule has 0 aliphatic carbocycles. The minimum absolute atomic E-state index is 0. The molecule has 1 saturated heterocycles. The predicted molar refractivity (Wildman–Crippen MR) is 103 cm³/mol. The zero-order valence-electron chi connectivity index (χ0n) is 14.5. The van der Waals surface area contributed by atoms with Crippen LogP contribution in [-0.2, 0) is 4.79 Å². The van der Waals surface area contributed by atoms with E-state index in [0.29, 0.717) is 11.0 Å². The van der Waals surface area contributed by atoms with Crippen molar-refractivity contribution in [3.05, 3.63) is 34.2 Å². The van der Waals surface area contributed by atoms with Gasteiger partial charge in [0.25, 0.3) is 0 Å². The third-order valence-corrected chi connectivity index (χ3v) is 5.54. The van der Waals surface area contributed by atoms with Crippen LogP contribution in [0.15, 0.2) is 17.5 Å². The van der Waals surface area contributed by atoms with E-state index in [4.69, 9.17) is 0 Å². The highest BCUT2D eigenvalue weighted by atomic mass is 35.5. The van der Waals surface area contributed by atoms with Gasteiger partial charge in [-0.2, -0.15) is 0 Å². The average molecular weight is 366 g/mol. The second-order valence-corrected chi connectivity index (χ2v) is 7.34. The van der Waals surface area contributed by atoms with Gasteiger partial charge in [0, 0.05) is 16.9 Å². The molecule has 1 aliphatic rings. The van der Waals surface area contributed by atoms with E-state index in [-0.39, 0.29) is 24.2 Å². The average Bonchev–Trinajstić information content (AvgIpc) is 2.89. The number of anilines is 1. The topological polar surface area (TPSA) is 54.0 Å². The molecule has 3 rings (SSSR count). The van der Waals surface area contributed by atoms with Gasteiger partial charge in [-0.3, -0.25) is 4.79 Å². The molecule has 2 aromatic rings. The van der Waals surface area contributed by atoms with Crippen molar-refractivity contribution in [3.8, 4) is 11.3 Å². The maximum atomic E-state index is 12.3. The smallest absolute Gasteiger partial charge is 0.229 e. The summed E-state index contributed by atoms with van der Waals surface area (Å²) in [5.74, 6) is 0.526. The van der Waals surface area contributed by atoms with Crippen LogP contribution in [0.25, 0.3) is 11.3 Å². The number of aromatic nitrogens is 1. The van der Waals surface area contributed by atoms with E-state index < -0.39 is 0 Å². The van der Waals surface area contributed by atoms with Crippen LogP contribution in [0.3, 0.4) is 0 Å². The van der Waals surface area contributed by atoms with Crippen LogP contribution in [0.4, 0.5) is 5.13 Å². The van der Waals surface area contributed by atoms with Crippen LogP contribution in [0.1, 0.15) is 23.6 Å². The molecule has 1 amide bonds. The summed E-state index contributed by atoms with van der Waals surface area (Å²) in [5, 5.41) is 8.87. The lowest BCUT2D eigenvalue weighted by molar-refractivity contribution is -0.121. The molecule has 0 bridgehead atoms. The third kappa shape index (κ3) is 3.79. The minimum Gasteiger partial charge on any atom is -0.316 e. The summed E-state index contributed by atoms with van der Waals surface area (Å²) in [7, 11) is 0. The Kier molecular flexibility index (Phi) is 6.01. The molecule has 1 unspecified atom stereocenters. The second-order valence-electron chi connectivity index (χ2n) is 6.49. The van der Waals surface area contributed by atoms with E-state index in [2.05, 4.69) is 48.5 Å². The number of hydrogen-bond donors (Lipinski definition) is 2. The fourth-order valence-electron chi connectivity index (χ4n) is 2.79. The first-order valence-electron chi connectivity index (χ1n) is 8.01. The van der Waals surface area contributed by atoms with E-state index >= 15 is 0 Å². The predicted octanol–water partition coefficient (Wildman–Crippen LogP) is 3.95. The molecule has 2 heterocycles. The molecule has 130 valence electrons. The molecule has 0 radical (unpaired) electrons. The molecule has 0 saturated carbocycles. The number of aryl methyl sites for hydroxylation is 3. The number of carbonyl (C=O) groups is 1. The molecule has 0 spiro atoms. The summed E-state index contributed by atoms with van der Waals surface area (Å²) in [5.41, 5.74) is 5.84. The fraction of sp³-hybridized carbons (Fsp3) is 0.444. The van der Waals surface area contributed by atoms with E-state index in [1.54, 1.807) is 0 Å². The van der Waals surface area contributed by atoms with Crippen LogP contribution in [-0.4, -0.2) is 24.0 Å². The van der Waals surface area contributed by atoms with Crippen molar-refractivity contribution < 1.29 is 4.79 Å². The van der Waals surface area contributed by atoms with E-state index in [1.807, 2.05) is 12.3 Å². The molecule has 1 fully saturated rings. The zero-order valence-corrected chi connectivity index (χ0v) is 16.1. The molecule has 1 aliphatic heterocycles. The largest absolute Gasteiger partial charge is 0.316 e. The van der Waals surface area contributed by atoms with Gasteiger partial charge in [-0.25, -0.2) is 4.98 Å². The number of hydrogen-bond acceptors (Lipinski definition) is 4. The third-order valence-electron chi connectivity index (χ3n) is 4.78. The van der Waals surface area contributed by atoms with Crippen molar-refractivity contribution in [3.63, 3.8) is 0 Å². The standard InChI is InChI=1S/C18H23N3OS.ClH/c1-10-5-12(3)15(6-11(10)2)16-9-23-18(20-16)21-17(22)13(4)14-7-19-8-14;/h5-6,9,13-14,19H,7-8H2,1-4H3,(H,20,21,22);1H. The van der Waals surface area contributed by atoms with Gasteiger partial charge >= 0.3 is 0 Å². The normalized spacial score (nSPS) is 15.3. The van der Waals surface area contributed by atoms with E-state index in [9.17, 15) is 4.79 Å². The Morgan fingerprint density at radius 3 is 2.54 bits per heavy atom. The molecule has 4 nitrogen and oxygen atoms in total. The van der Waals surface area contributed by atoms with Gasteiger partial charge in [0.05, 0.1) is 5.69 Å². The zero-order chi connectivity index (χ0) is 16.6. The highest BCUT2D eigenvalue weighted by molar-refractivity contribution is 7.14. The van der Waals surface area contributed by atoms with Crippen LogP contribution in [0, 0.1) is 32.6 Å². The van der Waals surface area contributed by atoms with E-state index in [1.165, 1.54) is 28.0 Å². The number of nitrogens with zero attached hydrogens (tertiary/aromatic N) is 1. The SMILES string of the molecule is Cc1cc(C)c(-c2csc(NC(=O)C(C)C3CNC3)n2)cc1C.Cl. The summed E-state index contributed by atoms with van der Waals surface area (Å²) in [4.78, 5) is 16.9. The van der Waals surface area contributed by atoms with Crippen molar-refractivity contribution in [1.29, 1.82) is 0 Å². The lowest BCUT2D eigenvalue weighted by atomic mass is 9.88. The number of amides is 1. The molecule has 2 N–H and O–H groups in total. The van der Waals surface area contributed by atoms with Crippen molar-refractivity contribution in [2.75, 3.05) is 18.4 Å². The summed E-state index contributed by atoms with van der Waals surface area (Å²) in [6.07, 6.45) is 0. The summed E-state index contributed by atoms with van der Waals surface area (Å²) < 4.78 is 0. The highest BCUT2D eigenvalue weighted by Gasteiger charge is 2.29. The Morgan fingerprint density at radius 2 is 1.92 bits per heavy atom. The first kappa shape index (κ1) is 18.9. The second kappa shape index (κ2) is 7.64. The fourth-order valence-corrected chi connectivity index (χ4v) is 3.50. The van der Waals surface area contributed by atoms with Crippen LogP contribution < -0.4 is 10.6 Å². The van der Waals surface area contributed by atoms with Gasteiger partial charge < -0.3 is 10.6 Å². The van der Waals surface area contributed by atoms with Gasteiger partial charge in [-0.1, -0.05) is 13.0 Å². The molecular weight excluding hydrogens is 342 g/mol. The quantitative estimate of drug-likeness (QED) is 0.862. The van der Waals surface area contributed by atoms with Crippen LogP contribution >= 0.6 is 23.7 Å². The molecule has 1 aromatic heterocycles. The Bertz CT molecular complexity index is 740. The monoisotopic (exact) mass is 365 g/mol. The number of benzene rings is 1. The molecule has 24 heavy (non-hydrogen) atoms. The summed E-state index contributed by atoms with van der Waals surface area (Å²) in [6.45, 7) is 10.2. The number of carbonyl (C=O) groups excluding carboxylic acids is 1. The van der Waals surface area contributed by atoms with Gasteiger partial charge in [0.1, 0.15) is 0 Å². The minimum atomic E-state index is 0. The van der Waals surface area contributed by atoms with Crippen LogP contribution in [0.2, 0.25) is 0 Å². The van der Waals surface area contributed by atoms with Crippen molar-refractivity contribution in [2.24, 2.45) is 11.8 Å². The Labute approximate surface area is 153 Å². The van der Waals surface area contributed by atoms with Gasteiger partial charge in [-0.15, -0.1) is 23.7 Å². The number of nitrogens with one attached hydrogen (secondary N) is 2. The molecule has 6 heteroatoms. The number of halogens is 1. The maximum Gasteiger partial charge on any atom is 0.229 e. The van der Waals surface area contributed by atoms with Crippen molar-refractivity contribution >= 4 is 34.8 Å². The van der Waals surface area contributed by atoms with Crippen LogP contribution in [0.5, 0.6) is 0 Å². The molecular formula is C18H24ClN3OS. The Hall–Kier alpha value is -1.43. The van der Waals surface area contributed by atoms with E-state index in [0.717, 1.165) is 24.3 Å². The molecule has 1 aromatic carbocycles. The van der Waals surface area contributed by atoms with Crippen molar-refractivity contribution in [2.45, 2.75) is 27.7 Å². The number of rotatable bonds is 4. The Balaban J connectivity index is 0.00000208. The van der Waals surface area contributed by atoms with Gasteiger partial charge in [-0.05, 0) is 62.5 Å². The lowest BCUT2D eigenvalue weighted by Crippen LogP contribution is -2.48.